The van der Waals surface area contributed by atoms with Gasteiger partial charge in [0.25, 0.3) is 0 Å². The number of ether oxygens (including phenoxy) is 1. The van der Waals surface area contributed by atoms with Gasteiger partial charge in [-0.2, -0.15) is 0 Å². The summed E-state index contributed by atoms with van der Waals surface area (Å²) < 4.78 is 5.96. The van der Waals surface area contributed by atoms with Crippen LogP contribution in [0.4, 0.5) is 0 Å². The van der Waals surface area contributed by atoms with E-state index in [0.29, 0.717) is 24.7 Å². The molecule has 0 aromatic rings. The fraction of sp³-hybridized carbons (Fsp3) is 0.636. The van der Waals surface area contributed by atoms with E-state index in [0.717, 1.165) is 32.1 Å². The van der Waals surface area contributed by atoms with E-state index in [1.165, 1.54) is 11.1 Å². The second kappa shape index (κ2) is 4.75. The average Bonchev–Trinajstić information content (AvgIpc) is 3.10. The van der Waals surface area contributed by atoms with Gasteiger partial charge in [0.05, 0.1) is 0 Å². The van der Waals surface area contributed by atoms with Crippen molar-refractivity contribution in [3.8, 4) is 0 Å². The van der Waals surface area contributed by atoms with Crippen molar-refractivity contribution in [2.24, 2.45) is 22.7 Å². The van der Waals surface area contributed by atoms with Crippen LogP contribution in [0.1, 0.15) is 58.8 Å². The fourth-order valence-corrected chi connectivity index (χ4v) is 6.62. The third-order valence-corrected chi connectivity index (χ3v) is 8.24. The normalized spacial score (nSPS) is 47.8. The Morgan fingerprint density at radius 1 is 1.12 bits per heavy atom. The monoisotopic (exact) mass is 338 g/mol. The van der Waals surface area contributed by atoms with Gasteiger partial charge in [-0.3, -0.25) is 9.59 Å². The van der Waals surface area contributed by atoms with Gasteiger partial charge in [-0.1, -0.05) is 37.6 Å². The molecule has 0 N–H and O–H groups in total. The Hall–Kier alpha value is -1.64. The summed E-state index contributed by atoms with van der Waals surface area (Å²) in [5, 5.41) is 0. The summed E-state index contributed by atoms with van der Waals surface area (Å²) in [5.41, 5.74) is 2.51. The summed E-state index contributed by atoms with van der Waals surface area (Å²) in [6.45, 7) is 4.67. The third-order valence-electron chi connectivity index (χ3n) is 8.24. The minimum Gasteiger partial charge on any atom is -0.458 e. The average molecular weight is 338 g/mol. The lowest BCUT2D eigenvalue weighted by atomic mass is 9.52. The largest absolute Gasteiger partial charge is 0.458 e. The van der Waals surface area contributed by atoms with Gasteiger partial charge < -0.3 is 4.74 Å². The lowest BCUT2D eigenvalue weighted by Gasteiger charge is -2.52. The lowest BCUT2D eigenvalue weighted by Crippen LogP contribution is -2.50. The van der Waals surface area contributed by atoms with Crippen LogP contribution in [0.25, 0.3) is 0 Å². The minimum absolute atomic E-state index is 0.0107. The highest BCUT2D eigenvalue weighted by Gasteiger charge is 2.64. The maximum absolute atomic E-state index is 11.9. The molecule has 0 radical (unpaired) electrons. The predicted octanol–water partition coefficient (Wildman–Crippen LogP) is 4.29. The number of hydrogen-bond donors (Lipinski definition) is 0. The molecule has 1 saturated carbocycles. The molecule has 0 bridgehead atoms. The molecule has 1 aliphatic heterocycles. The summed E-state index contributed by atoms with van der Waals surface area (Å²) in [6.07, 6.45) is 15.0. The minimum atomic E-state index is -0.246. The molecule has 5 rings (SSSR count). The molecular formula is C22H26O3. The van der Waals surface area contributed by atoms with E-state index in [-0.39, 0.29) is 28.2 Å². The molecule has 25 heavy (non-hydrogen) atoms. The number of esters is 1. The van der Waals surface area contributed by atoms with Crippen LogP contribution < -0.4 is 0 Å². The van der Waals surface area contributed by atoms with Crippen molar-refractivity contribution >= 4 is 11.8 Å². The Bertz CT molecular complexity index is 772. The number of allylic oxidation sites excluding steroid dienone is 6. The first-order valence-electron chi connectivity index (χ1n) is 9.74. The van der Waals surface area contributed by atoms with Gasteiger partial charge >= 0.3 is 5.97 Å². The molecule has 0 aromatic heterocycles. The summed E-state index contributed by atoms with van der Waals surface area (Å²) in [6, 6.07) is 0. The van der Waals surface area contributed by atoms with Gasteiger partial charge in [-0.05, 0) is 49.7 Å². The molecule has 5 atom stereocenters. The number of carbonyl (C=O) groups is 2. The Morgan fingerprint density at radius 3 is 2.72 bits per heavy atom. The first-order chi connectivity index (χ1) is 11.9. The van der Waals surface area contributed by atoms with Gasteiger partial charge in [0, 0.05) is 29.6 Å². The Kier molecular flexibility index (Phi) is 2.96. The van der Waals surface area contributed by atoms with Crippen molar-refractivity contribution < 1.29 is 14.3 Å². The van der Waals surface area contributed by atoms with E-state index >= 15 is 0 Å². The van der Waals surface area contributed by atoms with E-state index in [4.69, 9.17) is 4.74 Å². The molecule has 0 aromatic carbocycles. The maximum atomic E-state index is 11.9. The van der Waals surface area contributed by atoms with Crippen LogP contribution in [-0.4, -0.2) is 17.4 Å². The molecule has 2 fully saturated rings. The van der Waals surface area contributed by atoms with Gasteiger partial charge in [0.2, 0.25) is 0 Å². The van der Waals surface area contributed by atoms with Crippen LogP contribution in [0.5, 0.6) is 0 Å². The van der Waals surface area contributed by atoms with E-state index in [2.05, 4.69) is 32.1 Å². The number of hydrogen-bond acceptors (Lipinski definition) is 3. The smallest absolute Gasteiger partial charge is 0.306 e. The molecule has 1 saturated heterocycles. The molecule has 132 valence electrons. The summed E-state index contributed by atoms with van der Waals surface area (Å²) in [4.78, 5) is 23.8. The molecule has 0 unspecified atom stereocenters. The Morgan fingerprint density at radius 2 is 1.96 bits per heavy atom. The highest BCUT2D eigenvalue weighted by atomic mass is 16.6. The van der Waals surface area contributed by atoms with Crippen LogP contribution in [0.3, 0.4) is 0 Å². The predicted molar refractivity (Wildman–Crippen MR) is 94.6 cm³/mol. The number of carbonyl (C=O) groups excluding carboxylic acids is 2. The van der Waals surface area contributed by atoms with Crippen molar-refractivity contribution in [2.75, 3.05) is 0 Å². The van der Waals surface area contributed by atoms with Crippen molar-refractivity contribution in [3.63, 3.8) is 0 Å². The first kappa shape index (κ1) is 15.6. The Balaban J connectivity index is 1.58. The summed E-state index contributed by atoms with van der Waals surface area (Å²) in [7, 11) is 0. The molecule has 3 heteroatoms. The van der Waals surface area contributed by atoms with Gasteiger partial charge in [0.15, 0.2) is 5.78 Å². The first-order valence-corrected chi connectivity index (χ1v) is 9.74. The second-order valence-electron chi connectivity index (χ2n) is 9.18. The molecule has 5 aliphatic rings. The highest BCUT2D eigenvalue weighted by Crippen LogP contribution is 2.66. The summed E-state index contributed by atoms with van der Waals surface area (Å²) in [5.74, 6) is 1.20. The van der Waals surface area contributed by atoms with Crippen LogP contribution in [-0.2, 0) is 14.3 Å². The van der Waals surface area contributed by atoms with Crippen molar-refractivity contribution in [1.82, 2.24) is 0 Å². The maximum Gasteiger partial charge on any atom is 0.306 e. The number of rotatable bonds is 0. The van der Waals surface area contributed by atoms with Crippen LogP contribution in [0.15, 0.2) is 35.5 Å². The second-order valence-corrected chi connectivity index (χ2v) is 9.18. The highest BCUT2D eigenvalue weighted by molar-refractivity contribution is 5.92. The summed E-state index contributed by atoms with van der Waals surface area (Å²) >= 11 is 0. The van der Waals surface area contributed by atoms with E-state index < -0.39 is 0 Å². The molecule has 1 spiro atoms. The molecule has 4 aliphatic carbocycles. The zero-order valence-corrected chi connectivity index (χ0v) is 15.1. The van der Waals surface area contributed by atoms with Crippen molar-refractivity contribution in [1.29, 1.82) is 0 Å². The van der Waals surface area contributed by atoms with E-state index in [9.17, 15) is 9.59 Å². The topological polar surface area (TPSA) is 43.4 Å². The van der Waals surface area contributed by atoms with Gasteiger partial charge in [-0.15, -0.1) is 0 Å². The zero-order chi connectivity index (χ0) is 17.4. The van der Waals surface area contributed by atoms with Crippen LogP contribution >= 0.6 is 0 Å². The fourth-order valence-electron chi connectivity index (χ4n) is 6.62. The SMILES string of the molecule is C[C@]12CCC(=O)C=C1C=C[C@@H]1C2=CC[C@@]2(C)[C@@H]1CC[C@@]21CCC(=O)O1. The molecular weight excluding hydrogens is 312 g/mol. The molecule has 1 heterocycles. The number of ketones is 1. The third kappa shape index (κ3) is 1.82. The molecule has 3 nitrogen and oxygen atoms in total. The van der Waals surface area contributed by atoms with Gasteiger partial charge in [0.1, 0.15) is 5.60 Å². The number of fused-ring (bicyclic) bond motifs is 6. The molecule has 0 amide bonds. The zero-order valence-electron chi connectivity index (χ0n) is 15.1. The van der Waals surface area contributed by atoms with E-state index in [1.807, 2.05) is 6.08 Å². The van der Waals surface area contributed by atoms with Crippen LogP contribution in [0, 0.1) is 22.7 Å². The quantitative estimate of drug-likeness (QED) is 0.489. The lowest BCUT2D eigenvalue weighted by molar-refractivity contribution is -0.159. The van der Waals surface area contributed by atoms with Crippen LogP contribution in [0.2, 0.25) is 0 Å². The Labute approximate surface area is 149 Å². The van der Waals surface area contributed by atoms with Crippen molar-refractivity contribution in [2.45, 2.75) is 64.4 Å². The standard InChI is InChI=1S/C22H26O3/c1-20-9-5-15(23)13-14(20)3-4-16-17(20)6-10-21(2)18(16)7-11-22(21)12-8-19(24)25-22/h3-4,6,13,16,18H,5,7-12H2,1-2H3/t16-,18-,20+,21+,22-/m1/s1. The van der Waals surface area contributed by atoms with Crippen molar-refractivity contribution in [3.05, 3.63) is 35.5 Å². The van der Waals surface area contributed by atoms with E-state index in [1.54, 1.807) is 0 Å². The van der Waals surface area contributed by atoms with Gasteiger partial charge in [-0.25, -0.2) is 0 Å².